The third-order valence-corrected chi connectivity index (χ3v) is 4.43. The van der Waals surface area contributed by atoms with Gasteiger partial charge in [-0.2, -0.15) is 0 Å². The van der Waals surface area contributed by atoms with Crippen LogP contribution in [0.15, 0.2) is 24.3 Å². The Kier molecular flexibility index (Phi) is 5.71. The molecule has 1 aromatic carbocycles. The molecule has 0 saturated carbocycles. The Morgan fingerprint density at radius 1 is 1.33 bits per heavy atom. The molecule has 0 unspecified atom stereocenters. The summed E-state index contributed by atoms with van der Waals surface area (Å²) >= 11 is 0. The van der Waals surface area contributed by atoms with Crippen molar-refractivity contribution in [1.29, 1.82) is 0 Å². The highest BCUT2D eigenvalue weighted by molar-refractivity contribution is 6.02. The van der Waals surface area contributed by atoms with Gasteiger partial charge in [0.15, 0.2) is 0 Å². The quantitative estimate of drug-likeness (QED) is 0.797. The van der Waals surface area contributed by atoms with Crippen LogP contribution < -0.4 is 5.73 Å². The lowest BCUT2D eigenvalue weighted by molar-refractivity contribution is 0.1000. The van der Waals surface area contributed by atoms with E-state index in [0.717, 1.165) is 48.3 Å². The smallest absolute Gasteiger partial charge is 0.251 e. The maximum Gasteiger partial charge on any atom is 0.251 e. The Balaban J connectivity index is 2.70. The van der Waals surface area contributed by atoms with Gasteiger partial charge in [0.2, 0.25) is 0 Å². The number of rotatable bonds is 7. The number of amides is 1. The Labute approximate surface area is 144 Å². The summed E-state index contributed by atoms with van der Waals surface area (Å²) in [5, 5.41) is 9.85. The standard InChI is InChI=1S/C20H28N2O2/c1-5-7-17-19(15-8-6-9-16(23)12-15)18(20(21)24)14(4)22(17)11-10-13(2)3/h6,8-9,12-13,23H,5,7,10-11H2,1-4H3,(H2,21,24). The number of aromatic nitrogens is 1. The van der Waals surface area contributed by atoms with Crippen LogP contribution >= 0.6 is 0 Å². The Morgan fingerprint density at radius 2 is 2.04 bits per heavy atom. The Morgan fingerprint density at radius 3 is 2.58 bits per heavy atom. The van der Waals surface area contributed by atoms with Crippen LogP contribution in [-0.2, 0) is 13.0 Å². The van der Waals surface area contributed by atoms with Crippen molar-refractivity contribution in [2.75, 3.05) is 0 Å². The summed E-state index contributed by atoms with van der Waals surface area (Å²) in [7, 11) is 0. The summed E-state index contributed by atoms with van der Waals surface area (Å²) < 4.78 is 2.24. The number of nitrogens with two attached hydrogens (primary N) is 1. The Hall–Kier alpha value is -2.23. The second kappa shape index (κ2) is 7.56. The molecule has 4 nitrogen and oxygen atoms in total. The molecule has 2 rings (SSSR count). The number of primary amides is 1. The fourth-order valence-corrected chi connectivity index (χ4v) is 3.26. The normalized spacial score (nSPS) is 11.2. The van der Waals surface area contributed by atoms with Crippen LogP contribution in [-0.4, -0.2) is 15.6 Å². The molecule has 0 fully saturated rings. The van der Waals surface area contributed by atoms with Gasteiger partial charge in [-0.1, -0.05) is 39.3 Å². The first-order valence-corrected chi connectivity index (χ1v) is 8.67. The SMILES string of the molecule is CCCc1c(-c2cccc(O)c2)c(C(N)=O)c(C)n1CCC(C)C. The number of carbonyl (C=O) groups excluding carboxylic acids is 1. The molecule has 1 amide bonds. The molecular formula is C20H28N2O2. The van der Waals surface area contributed by atoms with Crippen LogP contribution in [0.25, 0.3) is 11.1 Å². The first kappa shape index (κ1) is 18.1. The summed E-state index contributed by atoms with van der Waals surface area (Å²) in [6.07, 6.45) is 2.90. The minimum atomic E-state index is -0.411. The van der Waals surface area contributed by atoms with Gasteiger partial charge in [0.1, 0.15) is 5.75 Å². The second-order valence-corrected chi connectivity index (χ2v) is 6.78. The van der Waals surface area contributed by atoms with Gasteiger partial charge in [-0.05, 0) is 43.4 Å². The number of nitrogens with zero attached hydrogens (tertiary/aromatic N) is 1. The van der Waals surface area contributed by atoms with E-state index in [0.29, 0.717) is 11.5 Å². The van der Waals surface area contributed by atoms with Crippen molar-refractivity contribution < 1.29 is 9.90 Å². The fourth-order valence-electron chi connectivity index (χ4n) is 3.26. The predicted octanol–water partition coefficient (Wildman–Crippen LogP) is 4.27. The highest BCUT2D eigenvalue weighted by Gasteiger charge is 2.24. The van der Waals surface area contributed by atoms with Crippen molar-refractivity contribution in [2.45, 2.75) is 53.5 Å². The van der Waals surface area contributed by atoms with E-state index in [4.69, 9.17) is 5.73 Å². The summed E-state index contributed by atoms with van der Waals surface area (Å²) in [6, 6.07) is 7.06. The topological polar surface area (TPSA) is 68.2 Å². The lowest BCUT2D eigenvalue weighted by Crippen LogP contribution is -2.13. The molecule has 0 aliphatic heterocycles. The van der Waals surface area contributed by atoms with Gasteiger partial charge >= 0.3 is 0 Å². The number of hydrogen-bond acceptors (Lipinski definition) is 2. The third-order valence-electron chi connectivity index (χ3n) is 4.43. The van der Waals surface area contributed by atoms with Crippen LogP contribution in [0.3, 0.4) is 0 Å². The van der Waals surface area contributed by atoms with Crippen LogP contribution in [0.2, 0.25) is 0 Å². The average Bonchev–Trinajstić information content (AvgIpc) is 2.78. The van der Waals surface area contributed by atoms with Crippen LogP contribution in [0.1, 0.15) is 55.4 Å². The number of benzene rings is 1. The van der Waals surface area contributed by atoms with E-state index in [-0.39, 0.29) is 5.75 Å². The second-order valence-electron chi connectivity index (χ2n) is 6.78. The molecule has 130 valence electrons. The number of aromatic hydroxyl groups is 1. The first-order valence-electron chi connectivity index (χ1n) is 8.67. The zero-order valence-corrected chi connectivity index (χ0v) is 15.1. The largest absolute Gasteiger partial charge is 0.508 e. The van der Waals surface area contributed by atoms with Crippen LogP contribution in [0.5, 0.6) is 5.75 Å². The number of carbonyl (C=O) groups is 1. The molecule has 0 spiro atoms. The van der Waals surface area contributed by atoms with Gasteiger partial charge in [-0.25, -0.2) is 0 Å². The molecule has 24 heavy (non-hydrogen) atoms. The fraction of sp³-hybridized carbons (Fsp3) is 0.450. The van der Waals surface area contributed by atoms with E-state index in [2.05, 4.69) is 25.3 Å². The lowest BCUT2D eigenvalue weighted by Gasteiger charge is -2.14. The minimum absolute atomic E-state index is 0.193. The Bertz CT molecular complexity index is 729. The van der Waals surface area contributed by atoms with Crippen molar-refractivity contribution in [3.63, 3.8) is 0 Å². The molecule has 1 aromatic heterocycles. The van der Waals surface area contributed by atoms with E-state index in [1.807, 2.05) is 13.0 Å². The van der Waals surface area contributed by atoms with Crippen molar-refractivity contribution in [2.24, 2.45) is 11.7 Å². The molecule has 2 aromatic rings. The molecule has 4 heteroatoms. The first-order chi connectivity index (χ1) is 11.4. The summed E-state index contributed by atoms with van der Waals surface area (Å²) in [4.78, 5) is 12.2. The predicted molar refractivity (Wildman–Crippen MR) is 98.2 cm³/mol. The van der Waals surface area contributed by atoms with Gasteiger partial charge in [-0.15, -0.1) is 0 Å². The van der Waals surface area contributed by atoms with Gasteiger partial charge in [0.25, 0.3) is 5.91 Å². The number of phenols is 1. The van der Waals surface area contributed by atoms with Crippen molar-refractivity contribution in [1.82, 2.24) is 4.57 Å². The highest BCUT2D eigenvalue weighted by atomic mass is 16.3. The average molecular weight is 328 g/mol. The third kappa shape index (κ3) is 3.64. The van der Waals surface area contributed by atoms with Gasteiger partial charge < -0.3 is 15.4 Å². The molecule has 0 aliphatic carbocycles. The molecule has 1 heterocycles. The maximum absolute atomic E-state index is 12.2. The van der Waals surface area contributed by atoms with Gasteiger partial charge in [0.05, 0.1) is 5.56 Å². The van der Waals surface area contributed by atoms with Crippen LogP contribution in [0.4, 0.5) is 0 Å². The molecule has 0 atom stereocenters. The van der Waals surface area contributed by atoms with Crippen LogP contribution in [0, 0.1) is 12.8 Å². The summed E-state index contributed by atoms with van der Waals surface area (Å²) in [5.41, 5.74) is 10.1. The van der Waals surface area contributed by atoms with Gasteiger partial charge in [-0.3, -0.25) is 4.79 Å². The molecular weight excluding hydrogens is 300 g/mol. The maximum atomic E-state index is 12.2. The van der Waals surface area contributed by atoms with E-state index in [1.54, 1.807) is 18.2 Å². The highest BCUT2D eigenvalue weighted by Crippen LogP contribution is 2.35. The number of phenolic OH excluding ortho intramolecular Hbond substituents is 1. The van der Waals surface area contributed by atoms with Crippen molar-refractivity contribution >= 4 is 5.91 Å². The van der Waals surface area contributed by atoms with Crippen molar-refractivity contribution in [3.05, 3.63) is 41.2 Å². The minimum Gasteiger partial charge on any atom is -0.508 e. The molecule has 0 saturated heterocycles. The van der Waals surface area contributed by atoms with Gasteiger partial charge in [0, 0.05) is 23.5 Å². The van der Waals surface area contributed by atoms with Crippen molar-refractivity contribution in [3.8, 4) is 16.9 Å². The molecule has 0 radical (unpaired) electrons. The lowest BCUT2D eigenvalue weighted by atomic mass is 9.98. The zero-order valence-electron chi connectivity index (χ0n) is 15.1. The summed E-state index contributed by atoms with van der Waals surface area (Å²) in [6.45, 7) is 9.36. The number of hydrogen-bond donors (Lipinski definition) is 2. The zero-order chi connectivity index (χ0) is 17.9. The molecule has 3 N–H and O–H groups in total. The summed E-state index contributed by atoms with van der Waals surface area (Å²) in [5.74, 6) is 0.368. The van der Waals surface area contributed by atoms with E-state index < -0.39 is 5.91 Å². The van der Waals surface area contributed by atoms with E-state index in [1.165, 1.54) is 0 Å². The monoisotopic (exact) mass is 328 g/mol. The molecule has 0 aliphatic rings. The van der Waals surface area contributed by atoms with E-state index in [9.17, 15) is 9.90 Å². The molecule has 0 bridgehead atoms. The van der Waals surface area contributed by atoms with E-state index >= 15 is 0 Å².